The Hall–Kier alpha value is -0.460. The van der Waals surface area contributed by atoms with Gasteiger partial charge in [0.15, 0.2) is 13.4 Å². The maximum atomic E-state index is 12.4. The molecule has 0 radical (unpaired) electrons. The summed E-state index contributed by atoms with van der Waals surface area (Å²) in [5.74, 6) is -1.05. The van der Waals surface area contributed by atoms with Gasteiger partial charge in [0.05, 0.1) is 27.7 Å². The molecule has 1 N–H and O–H groups in total. The number of unbranched alkanes of at least 4 members (excludes halogenated alkanes) is 14. The highest BCUT2D eigenvalue weighted by Gasteiger charge is 2.34. The van der Waals surface area contributed by atoms with Crippen molar-refractivity contribution in [3.8, 4) is 0 Å². The minimum absolute atomic E-state index is 0.224. The number of carbonyl (C=O) groups excluding carboxylic acids is 1. The molecule has 0 aliphatic rings. The van der Waals surface area contributed by atoms with Gasteiger partial charge in [0, 0.05) is 12.8 Å². The van der Waals surface area contributed by atoms with Gasteiger partial charge in [-0.1, -0.05) is 104 Å². The molecule has 0 fully saturated rings. The third kappa shape index (κ3) is 19.3. The fourth-order valence-electron chi connectivity index (χ4n) is 4.42. The van der Waals surface area contributed by atoms with Crippen molar-refractivity contribution in [2.75, 3.05) is 34.4 Å². The molecule has 35 heavy (non-hydrogen) atoms. The van der Waals surface area contributed by atoms with Crippen molar-refractivity contribution in [1.82, 2.24) is 0 Å². The summed E-state index contributed by atoms with van der Waals surface area (Å²) in [5.41, 5.74) is 0. The number of aliphatic hydroxyl groups is 1. The highest BCUT2D eigenvalue weighted by atomic mass is 31.2. The second kappa shape index (κ2) is 20.6. The van der Waals surface area contributed by atoms with E-state index in [-0.39, 0.29) is 17.1 Å². The molecule has 0 spiro atoms. The lowest BCUT2D eigenvalue weighted by Crippen LogP contribution is -2.47. The first-order chi connectivity index (χ1) is 16.5. The van der Waals surface area contributed by atoms with Crippen molar-refractivity contribution in [3.63, 3.8) is 0 Å². The van der Waals surface area contributed by atoms with E-state index in [9.17, 15) is 19.4 Å². The SMILES string of the molecule is CCCCCCCCCCCCCCCCCC(=O)OC[C@@H](O)COP(=O)([O-])C(CC)[N+](C)(C)C. The molecule has 3 atom stereocenters. The zero-order valence-corrected chi connectivity index (χ0v) is 24.4. The fourth-order valence-corrected chi connectivity index (χ4v) is 6.27. The average molecular weight is 522 g/mol. The lowest BCUT2D eigenvalue weighted by molar-refractivity contribution is -0.884. The Morgan fingerprint density at radius 3 is 1.63 bits per heavy atom. The van der Waals surface area contributed by atoms with Crippen LogP contribution in [-0.4, -0.2) is 61.8 Å². The summed E-state index contributed by atoms with van der Waals surface area (Å²) in [6.07, 6.45) is 18.6. The van der Waals surface area contributed by atoms with E-state index in [1.807, 2.05) is 0 Å². The van der Waals surface area contributed by atoms with Crippen molar-refractivity contribution in [2.45, 2.75) is 135 Å². The summed E-state index contributed by atoms with van der Waals surface area (Å²) < 4.78 is 22.7. The first-order valence-electron chi connectivity index (χ1n) is 14.1. The molecule has 0 bridgehead atoms. The standard InChI is InChI=1S/C27H56NO6P/c1-6-8-9-10-11-12-13-14-15-16-17-18-19-20-21-22-27(30)33-23-25(29)24-34-35(31,32)26(7-2)28(3,4)5/h25-26,29H,6-24H2,1-5H3/t25-,26?/m1/s1. The number of hydrogen-bond donors (Lipinski definition) is 1. The van der Waals surface area contributed by atoms with E-state index in [1.54, 1.807) is 28.1 Å². The quantitative estimate of drug-likeness (QED) is 0.0707. The van der Waals surface area contributed by atoms with E-state index in [4.69, 9.17) is 9.26 Å². The monoisotopic (exact) mass is 521 g/mol. The number of esters is 1. The molecule has 0 aliphatic heterocycles. The van der Waals surface area contributed by atoms with Gasteiger partial charge < -0.3 is 28.3 Å². The molecule has 0 amide bonds. The van der Waals surface area contributed by atoms with Crippen LogP contribution in [0.5, 0.6) is 0 Å². The lowest BCUT2D eigenvalue weighted by atomic mass is 10.0. The smallest absolute Gasteiger partial charge is 0.305 e. The van der Waals surface area contributed by atoms with Crippen LogP contribution in [0, 0.1) is 0 Å². The molecule has 7 nitrogen and oxygen atoms in total. The molecule has 0 saturated heterocycles. The first-order valence-corrected chi connectivity index (χ1v) is 15.8. The van der Waals surface area contributed by atoms with Crippen LogP contribution < -0.4 is 4.89 Å². The van der Waals surface area contributed by atoms with Crippen molar-refractivity contribution >= 4 is 13.6 Å². The minimum atomic E-state index is -4.15. The maximum absolute atomic E-state index is 12.4. The second-order valence-corrected chi connectivity index (χ2v) is 12.8. The average Bonchev–Trinajstić information content (AvgIpc) is 2.78. The predicted octanol–water partition coefficient (Wildman–Crippen LogP) is 6.16. The maximum Gasteiger partial charge on any atom is 0.305 e. The van der Waals surface area contributed by atoms with Crippen LogP contribution in [0.2, 0.25) is 0 Å². The van der Waals surface area contributed by atoms with Gasteiger partial charge in [0.25, 0.3) is 0 Å². The summed E-state index contributed by atoms with van der Waals surface area (Å²) in [6, 6.07) is 0. The summed E-state index contributed by atoms with van der Waals surface area (Å²) >= 11 is 0. The van der Waals surface area contributed by atoms with Gasteiger partial charge in [-0.15, -0.1) is 0 Å². The molecule has 8 heteroatoms. The lowest BCUT2D eigenvalue weighted by Gasteiger charge is -2.41. The van der Waals surface area contributed by atoms with Gasteiger partial charge in [-0.05, 0) is 6.42 Å². The molecule has 0 aliphatic carbocycles. The number of hydrogen-bond acceptors (Lipinski definition) is 6. The number of quaternary nitrogens is 1. The Morgan fingerprint density at radius 2 is 1.23 bits per heavy atom. The van der Waals surface area contributed by atoms with E-state index in [0.29, 0.717) is 12.8 Å². The zero-order valence-electron chi connectivity index (χ0n) is 23.5. The van der Waals surface area contributed by atoms with E-state index < -0.39 is 26.1 Å². The third-order valence-electron chi connectivity index (χ3n) is 6.49. The highest BCUT2D eigenvalue weighted by Crippen LogP contribution is 2.47. The third-order valence-corrected chi connectivity index (χ3v) is 8.79. The second-order valence-electron chi connectivity index (χ2n) is 10.9. The van der Waals surface area contributed by atoms with E-state index in [1.165, 1.54) is 77.0 Å². The van der Waals surface area contributed by atoms with Crippen molar-refractivity contribution in [1.29, 1.82) is 0 Å². The molecule has 0 aromatic heterocycles. The molecule has 0 saturated carbocycles. The van der Waals surface area contributed by atoms with Crippen LogP contribution in [0.15, 0.2) is 0 Å². The van der Waals surface area contributed by atoms with Crippen LogP contribution in [0.4, 0.5) is 0 Å². The molecule has 210 valence electrons. The van der Waals surface area contributed by atoms with Crippen LogP contribution in [-0.2, 0) is 18.6 Å². The molecule has 0 heterocycles. The van der Waals surface area contributed by atoms with Crippen molar-refractivity contribution < 1.29 is 33.1 Å². The Morgan fingerprint density at radius 1 is 0.800 bits per heavy atom. The molecular formula is C27H56NO6P. The number of ether oxygens (including phenoxy) is 1. The van der Waals surface area contributed by atoms with Gasteiger partial charge in [-0.25, -0.2) is 0 Å². The van der Waals surface area contributed by atoms with Crippen molar-refractivity contribution in [2.24, 2.45) is 0 Å². The van der Waals surface area contributed by atoms with Crippen LogP contribution in [0.3, 0.4) is 0 Å². The minimum Gasteiger partial charge on any atom is -0.774 e. The molecule has 0 aromatic carbocycles. The van der Waals surface area contributed by atoms with E-state index in [2.05, 4.69) is 6.92 Å². The van der Waals surface area contributed by atoms with Gasteiger partial charge in [-0.2, -0.15) is 0 Å². The van der Waals surface area contributed by atoms with Gasteiger partial charge in [-0.3, -0.25) is 4.79 Å². The topological polar surface area (TPSA) is 95.9 Å². The largest absolute Gasteiger partial charge is 0.774 e. The molecule has 0 rings (SSSR count). The zero-order chi connectivity index (χ0) is 26.6. The predicted molar refractivity (Wildman–Crippen MR) is 142 cm³/mol. The number of rotatable bonds is 24. The van der Waals surface area contributed by atoms with Crippen LogP contribution >= 0.6 is 7.60 Å². The molecule has 2 unspecified atom stereocenters. The number of nitrogens with zero attached hydrogens (tertiary/aromatic N) is 1. The highest BCUT2D eigenvalue weighted by molar-refractivity contribution is 7.51. The summed E-state index contributed by atoms with van der Waals surface area (Å²) in [5, 5.41) is 9.96. The summed E-state index contributed by atoms with van der Waals surface area (Å²) in [6.45, 7) is 3.40. The van der Waals surface area contributed by atoms with Crippen LogP contribution in [0.25, 0.3) is 0 Å². The Balaban J connectivity index is 3.66. The van der Waals surface area contributed by atoms with E-state index >= 15 is 0 Å². The molecular weight excluding hydrogens is 465 g/mol. The van der Waals surface area contributed by atoms with Gasteiger partial charge in [0.1, 0.15) is 12.7 Å². The van der Waals surface area contributed by atoms with Gasteiger partial charge in [0.2, 0.25) is 0 Å². The fraction of sp³-hybridized carbons (Fsp3) is 0.963. The van der Waals surface area contributed by atoms with Crippen molar-refractivity contribution in [3.05, 3.63) is 0 Å². The summed E-state index contributed by atoms with van der Waals surface area (Å²) in [7, 11) is 1.22. The van der Waals surface area contributed by atoms with Crippen LogP contribution in [0.1, 0.15) is 123 Å². The first kappa shape index (κ1) is 34.5. The normalized spacial score (nSPS) is 15.5. The Labute approximate surface area is 216 Å². The summed E-state index contributed by atoms with van der Waals surface area (Å²) in [4.78, 5) is 24.3. The molecule has 0 aromatic rings. The Kier molecular flexibility index (Phi) is 20.3. The van der Waals surface area contributed by atoms with Gasteiger partial charge >= 0.3 is 5.97 Å². The Bertz CT molecular complexity index is 566. The number of carbonyl (C=O) groups is 1. The van der Waals surface area contributed by atoms with E-state index in [0.717, 1.165) is 19.3 Å². The number of aliphatic hydroxyl groups excluding tert-OH is 1.